The number of benzene rings is 2. The van der Waals surface area contributed by atoms with Gasteiger partial charge in [0.05, 0.1) is 11.7 Å². The van der Waals surface area contributed by atoms with Gasteiger partial charge in [0.25, 0.3) is 0 Å². The number of nitrogens with zero attached hydrogens (tertiary/aromatic N) is 3. The van der Waals surface area contributed by atoms with Crippen LogP contribution < -0.4 is 15.1 Å². The third-order valence-corrected chi connectivity index (χ3v) is 6.92. The Morgan fingerprint density at radius 1 is 1.00 bits per heavy atom. The molecule has 0 bridgehead atoms. The normalized spacial score (nSPS) is 17.6. The Morgan fingerprint density at radius 3 is 2.50 bits per heavy atom. The number of furan rings is 1. The molecule has 1 N–H and O–H groups in total. The topological polar surface area (TPSA) is 44.5 Å². The highest BCUT2D eigenvalue weighted by Crippen LogP contribution is 2.43. The van der Waals surface area contributed by atoms with Crippen molar-refractivity contribution < 1.29 is 4.42 Å². The average molecular weight is 489 g/mol. The summed E-state index contributed by atoms with van der Waals surface area (Å²) in [5.74, 6) is 1.57. The Kier molecular flexibility index (Phi) is 6.02. The molecule has 0 saturated carbocycles. The van der Waals surface area contributed by atoms with Crippen LogP contribution >= 0.6 is 23.8 Å². The van der Waals surface area contributed by atoms with Gasteiger partial charge in [-0.2, -0.15) is 0 Å². The number of hydrogen-bond donors (Lipinski definition) is 1. The lowest BCUT2D eigenvalue weighted by Gasteiger charge is -2.26. The number of aromatic nitrogens is 1. The summed E-state index contributed by atoms with van der Waals surface area (Å²) < 4.78 is 6.47. The SMILES string of the molecule is Cc1c(Cl)cccc1-c1ccc([C@@H]2[C@@H](c3ccccn3)NC(=S)N2c2ccc(N(C)C)cc2)o1. The van der Waals surface area contributed by atoms with Crippen molar-refractivity contribution in [1.29, 1.82) is 0 Å². The zero-order valence-corrected chi connectivity index (χ0v) is 20.8. The van der Waals surface area contributed by atoms with Crippen LogP contribution in [0, 0.1) is 6.92 Å². The van der Waals surface area contributed by atoms with Gasteiger partial charge in [0, 0.05) is 42.3 Å². The zero-order chi connectivity index (χ0) is 23.8. The molecule has 0 radical (unpaired) electrons. The van der Waals surface area contributed by atoms with Crippen LogP contribution in [-0.2, 0) is 0 Å². The minimum Gasteiger partial charge on any atom is -0.459 e. The quantitative estimate of drug-likeness (QED) is 0.321. The second-order valence-electron chi connectivity index (χ2n) is 8.52. The van der Waals surface area contributed by atoms with Crippen molar-refractivity contribution in [3.05, 3.63) is 101 Å². The average Bonchev–Trinajstić information content (AvgIpc) is 3.46. The van der Waals surface area contributed by atoms with Crippen LogP contribution in [0.5, 0.6) is 0 Å². The van der Waals surface area contributed by atoms with Crippen molar-refractivity contribution in [1.82, 2.24) is 10.3 Å². The highest BCUT2D eigenvalue weighted by molar-refractivity contribution is 7.80. The number of halogens is 1. The van der Waals surface area contributed by atoms with Gasteiger partial charge in [0.1, 0.15) is 17.6 Å². The van der Waals surface area contributed by atoms with E-state index in [-0.39, 0.29) is 12.1 Å². The van der Waals surface area contributed by atoms with Gasteiger partial charge < -0.3 is 19.5 Å². The lowest BCUT2D eigenvalue weighted by Crippen LogP contribution is -2.29. The van der Waals surface area contributed by atoms with E-state index in [1.54, 1.807) is 6.20 Å². The molecule has 0 aliphatic carbocycles. The number of hydrogen-bond acceptors (Lipinski definition) is 4. The predicted octanol–water partition coefficient (Wildman–Crippen LogP) is 6.55. The van der Waals surface area contributed by atoms with Crippen LogP contribution in [0.3, 0.4) is 0 Å². The van der Waals surface area contributed by atoms with Gasteiger partial charge in [0.2, 0.25) is 0 Å². The Hall–Kier alpha value is -3.35. The largest absolute Gasteiger partial charge is 0.459 e. The molecule has 5 rings (SSSR count). The standard InChI is InChI=1S/C27H25ClN4OS/c1-17-20(7-6-8-21(17)28)23-14-15-24(33-23)26-25(22-9-4-5-16-29-22)30-27(34)32(26)19-12-10-18(11-13-19)31(2)3/h4-16,25-26H,1-3H3,(H,30,34)/t25-,26-/m1/s1. The molecule has 0 amide bonds. The van der Waals surface area contributed by atoms with Gasteiger partial charge in [-0.25, -0.2) is 0 Å². The summed E-state index contributed by atoms with van der Waals surface area (Å²) >= 11 is 12.2. The van der Waals surface area contributed by atoms with Crippen molar-refractivity contribution in [3.8, 4) is 11.3 Å². The molecule has 34 heavy (non-hydrogen) atoms. The lowest BCUT2D eigenvalue weighted by atomic mass is 10.0. The van der Waals surface area contributed by atoms with Crippen molar-refractivity contribution >= 4 is 40.3 Å². The molecule has 1 fully saturated rings. The van der Waals surface area contributed by atoms with Crippen molar-refractivity contribution in [2.75, 3.05) is 23.9 Å². The molecular formula is C27H25ClN4OS. The van der Waals surface area contributed by atoms with Gasteiger partial charge in [-0.1, -0.05) is 29.8 Å². The van der Waals surface area contributed by atoms with E-state index in [4.69, 9.17) is 28.2 Å². The van der Waals surface area contributed by atoms with Gasteiger partial charge >= 0.3 is 0 Å². The fourth-order valence-electron chi connectivity index (χ4n) is 4.36. The first-order valence-corrected chi connectivity index (χ1v) is 11.9. The second kappa shape index (κ2) is 9.12. The lowest BCUT2D eigenvalue weighted by molar-refractivity contribution is 0.439. The van der Waals surface area contributed by atoms with Gasteiger partial charge in [-0.3, -0.25) is 4.98 Å². The molecule has 0 spiro atoms. The van der Waals surface area contributed by atoms with Crippen LogP contribution in [0.1, 0.15) is 29.1 Å². The Balaban J connectivity index is 1.59. The van der Waals surface area contributed by atoms with E-state index in [9.17, 15) is 0 Å². The number of thiocarbonyl (C=S) groups is 1. The molecule has 0 unspecified atom stereocenters. The molecule has 2 atom stereocenters. The van der Waals surface area contributed by atoms with E-state index in [1.165, 1.54) is 0 Å². The molecule has 3 heterocycles. The minimum atomic E-state index is -0.208. The summed E-state index contributed by atoms with van der Waals surface area (Å²) in [5, 5.41) is 4.83. The molecule has 1 saturated heterocycles. The molecule has 1 aliphatic rings. The number of nitrogens with one attached hydrogen (secondary N) is 1. The first-order valence-electron chi connectivity index (χ1n) is 11.1. The summed E-state index contributed by atoms with van der Waals surface area (Å²) in [4.78, 5) is 8.80. The Morgan fingerprint density at radius 2 is 1.79 bits per heavy atom. The summed E-state index contributed by atoms with van der Waals surface area (Å²) in [6.45, 7) is 2.00. The van der Waals surface area contributed by atoms with Crippen LogP contribution in [0.2, 0.25) is 5.02 Å². The number of pyridine rings is 1. The maximum Gasteiger partial charge on any atom is 0.174 e. The van der Waals surface area contributed by atoms with Crippen molar-refractivity contribution in [2.45, 2.75) is 19.0 Å². The molecular weight excluding hydrogens is 464 g/mol. The molecule has 172 valence electrons. The third-order valence-electron chi connectivity index (χ3n) is 6.19. The third kappa shape index (κ3) is 4.04. The maximum atomic E-state index is 6.47. The number of anilines is 2. The van der Waals surface area contributed by atoms with E-state index in [1.807, 2.05) is 69.6 Å². The van der Waals surface area contributed by atoms with Crippen molar-refractivity contribution in [2.24, 2.45) is 0 Å². The second-order valence-corrected chi connectivity index (χ2v) is 9.32. The van der Waals surface area contributed by atoms with Crippen LogP contribution in [-0.4, -0.2) is 24.2 Å². The molecule has 1 aliphatic heterocycles. The maximum absolute atomic E-state index is 6.47. The van der Waals surface area contributed by atoms with Crippen LogP contribution in [0.25, 0.3) is 11.3 Å². The Bertz CT molecular complexity index is 1320. The van der Waals surface area contributed by atoms with Gasteiger partial charge in [0.15, 0.2) is 5.11 Å². The van der Waals surface area contributed by atoms with E-state index in [0.29, 0.717) is 10.1 Å². The minimum absolute atomic E-state index is 0.165. The van der Waals surface area contributed by atoms with Gasteiger partial charge in [-0.15, -0.1) is 0 Å². The van der Waals surface area contributed by atoms with E-state index in [2.05, 4.69) is 44.4 Å². The van der Waals surface area contributed by atoms with E-state index < -0.39 is 0 Å². The van der Waals surface area contributed by atoms with E-state index in [0.717, 1.165) is 39.7 Å². The number of rotatable bonds is 5. The summed E-state index contributed by atoms with van der Waals surface area (Å²) in [6, 6.07) is 23.8. The molecule has 4 aromatic rings. The molecule has 7 heteroatoms. The monoisotopic (exact) mass is 488 g/mol. The summed E-state index contributed by atoms with van der Waals surface area (Å²) in [6.07, 6.45) is 1.80. The smallest absolute Gasteiger partial charge is 0.174 e. The zero-order valence-electron chi connectivity index (χ0n) is 19.2. The van der Waals surface area contributed by atoms with Gasteiger partial charge in [-0.05, 0) is 79.3 Å². The van der Waals surface area contributed by atoms with E-state index >= 15 is 0 Å². The summed E-state index contributed by atoms with van der Waals surface area (Å²) in [5.41, 5.74) is 4.98. The molecule has 2 aromatic heterocycles. The highest BCUT2D eigenvalue weighted by atomic mass is 35.5. The van der Waals surface area contributed by atoms with Crippen LogP contribution in [0.15, 0.2) is 83.4 Å². The fourth-order valence-corrected chi connectivity index (χ4v) is 4.88. The first kappa shape index (κ1) is 22.4. The highest BCUT2D eigenvalue weighted by Gasteiger charge is 2.42. The molecule has 5 nitrogen and oxygen atoms in total. The summed E-state index contributed by atoms with van der Waals surface area (Å²) in [7, 11) is 4.05. The fraction of sp³-hybridized carbons (Fsp3) is 0.185. The predicted molar refractivity (Wildman–Crippen MR) is 143 cm³/mol. The first-order chi connectivity index (χ1) is 16.4. The van der Waals surface area contributed by atoms with Crippen molar-refractivity contribution in [3.63, 3.8) is 0 Å². The van der Waals surface area contributed by atoms with Crippen LogP contribution in [0.4, 0.5) is 11.4 Å². The molecule has 2 aromatic carbocycles. The Labute approximate surface area is 210 Å².